The highest BCUT2D eigenvalue weighted by atomic mass is 19.1. The van der Waals surface area contributed by atoms with Crippen molar-refractivity contribution in [1.29, 1.82) is 0 Å². The zero-order valence-corrected chi connectivity index (χ0v) is 13.7. The number of nitrogens with one attached hydrogen (secondary N) is 1. The van der Waals surface area contributed by atoms with Gasteiger partial charge in [-0.15, -0.1) is 0 Å². The summed E-state index contributed by atoms with van der Waals surface area (Å²) in [7, 11) is 0. The van der Waals surface area contributed by atoms with E-state index in [9.17, 15) is 8.78 Å². The maximum atomic E-state index is 14.0. The first kappa shape index (κ1) is 16.1. The number of aryl methyl sites for hydroxylation is 1. The minimum absolute atomic E-state index is 0.284. The molecule has 1 N–H and O–H groups in total. The number of hydrogen-bond donors (Lipinski definition) is 1. The molecule has 3 rings (SSSR count). The third-order valence-corrected chi connectivity index (χ3v) is 4.41. The summed E-state index contributed by atoms with van der Waals surface area (Å²) >= 11 is 0. The molecule has 0 amide bonds. The summed E-state index contributed by atoms with van der Waals surface area (Å²) in [5, 5.41) is 7.89. The molecular weight excluding hydrogens is 298 g/mol. The second-order valence-electron chi connectivity index (χ2n) is 6.25. The highest BCUT2D eigenvalue weighted by Crippen LogP contribution is 2.22. The summed E-state index contributed by atoms with van der Waals surface area (Å²) in [6.07, 6.45) is 0. The molecule has 1 aliphatic heterocycles. The van der Waals surface area contributed by atoms with E-state index in [2.05, 4.69) is 22.2 Å². The Morgan fingerprint density at radius 1 is 1.30 bits per heavy atom. The molecule has 0 bridgehead atoms. The van der Waals surface area contributed by atoms with Crippen LogP contribution in [0.2, 0.25) is 0 Å². The number of piperazine rings is 1. The molecule has 0 spiro atoms. The molecule has 0 saturated carbocycles. The van der Waals surface area contributed by atoms with Crippen LogP contribution in [-0.2, 0) is 6.54 Å². The van der Waals surface area contributed by atoms with Crippen molar-refractivity contribution in [3.05, 3.63) is 46.8 Å². The smallest absolute Gasteiger partial charge is 0.151 e. The fourth-order valence-electron chi connectivity index (χ4n) is 3.17. The molecule has 1 saturated heterocycles. The van der Waals surface area contributed by atoms with Crippen molar-refractivity contribution in [2.45, 2.75) is 33.4 Å². The minimum atomic E-state index is -0.599. The Labute approximate surface area is 135 Å². The fourth-order valence-corrected chi connectivity index (χ4v) is 3.17. The molecule has 0 radical (unpaired) electrons. The van der Waals surface area contributed by atoms with Crippen molar-refractivity contribution in [3.8, 4) is 5.69 Å². The summed E-state index contributed by atoms with van der Waals surface area (Å²) in [4.78, 5) is 2.38. The summed E-state index contributed by atoms with van der Waals surface area (Å²) in [6, 6.07) is 4.05. The quantitative estimate of drug-likeness (QED) is 0.943. The van der Waals surface area contributed by atoms with Gasteiger partial charge in [0.25, 0.3) is 0 Å². The van der Waals surface area contributed by atoms with Gasteiger partial charge in [-0.3, -0.25) is 4.90 Å². The highest BCUT2D eigenvalue weighted by molar-refractivity contribution is 5.38. The van der Waals surface area contributed by atoms with E-state index < -0.39 is 11.6 Å². The molecule has 4 nitrogen and oxygen atoms in total. The number of rotatable bonds is 3. The van der Waals surface area contributed by atoms with E-state index in [1.165, 1.54) is 12.1 Å². The predicted octanol–water partition coefficient (Wildman–Crippen LogP) is 2.56. The lowest BCUT2D eigenvalue weighted by Crippen LogP contribution is -2.48. The van der Waals surface area contributed by atoms with Crippen molar-refractivity contribution in [1.82, 2.24) is 20.0 Å². The van der Waals surface area contributed by atoms with Crippen LogP contribution in [0.15, 0.2) is 18.2 Å². The lowest BCUT2D eigenvalue weighted by atomic mass is 10.1. The molecule has 0 unspecified atom stereocenters. The second kappa shape index (κ2) is 6.37. The predicted molar refractivity (Wildman–Crippen MR) is 85.7 cm³/mol. The Balaban J connectivity index is 1.90. The Hall–Kier alpha value is -1.79. The molecule has 0 aliphatic carbocycles. The molecule has 1 aromatic heterocycles. The fraction of sp³-hybridized carbons (Fsp3) is 0.471. The van der Waals surface area contributed by atoms with Gasteiger partial charge >= 0.3 is 0 Å². The van der Waals surface area contributed by atoms with Gasteiger partial charge in [0.2, 0.25) is 0 Å². The van der Waals surface area contributed by atoms with Gasteiger partial charge in [0.1, 0.15) is 11.5 Å². The summed E-state index contributed by atoms with van der Waals surface area (Å²) in [5.41, 5.74) is 3.19. The zero-order valence-electron chi connectivity index (χ0n) is 13.7. The van der Waals surface area contributed by atoms with Crippen molar-refractivity contribution in [2.24, 2.45) is 0 Å². The zero-order chi connectivity index (χ0) is 16.6. The van der Waals surface area contributed by atoms with E-state index in [0.717, 1.165) is 49.2 Å². The summed E-state index contributed by atoms with van der Waals surface area (Å²) in [5.74, 6) is -1.18. The van der Waals surface area contributed by atoms with Crippen LogP contribution in [0.1, 0.15) is 23.9 Å². The molecule has 1 aliphatic rings. The van der Waals surface area contributed by atoms with Crippen LogP contribution >= 0.6 is 0 Å². The Morgan fingerprint density at radius 3 is 2.78 bits per heavy atom. The Morgan fingerprint density at radius 2 is 2.09 bits per heavy atom. The van der Waals surface area contributed by atoms with Crippen LogP contribution in [0.25, 0.3) is 5.69 Å². The first-order valence-electron chi connectivity index (χ1n) is 7.92. The third-order valence-electron chi connectivity index (χ3n) is 4.41. The van der Waals surface area contributed by atoms with E-state index in [1.807, 2.05) is 13.8 Å². The molecule has 1 aromatic carbocycles. The van der Waals surface area contributed by atoms with Gasteiger partial charge in [0.05, 0.1) is 5.69 Å². The maximum absolute atomic E-state index is 14.0. The number of benzene rings is 1. The van der Waals surface area contributed by atoms with Gasteiger partial charge in [0.15, 0.2) is 5.82 Å². The maximum Gasteiger partial charge on any atom is 0.151 e. The Kier molecular flexibility index (Phi) is 4.46. The number of aromatic nitrogens is 2. The van der Waals surface area contributed by atoms with E-state index in [-0.39, 0.29) is 5.69 Å². The largest absolute Gasteiger partial charge is 0.312 e. The van der Waals surface area contributed by atoms with Gasteiger partial charge in [-0.2, -0.15) is 5.10 Å². The lowest BCUT2D eigenvalue weighted by Gasteiger charge is -2.31. The first-order valence-corrected chi connectivity index (χ1v) is 7.92. The van der Waals surface area contributed by atoms with Crippen molar-refractivity contribution < 1.29 is 8.78 Å². The van der Waals surface area contributed by atoms with Crippen molar-refractivity contribution in [2.75, 3.05) is 19.6 Å². The number of nitrogens with zero attached hydrogens (tertiary/aromatic N) is 3. The van der Waals surface area contributed by atoms with Gasteiger partial charge in [-0.05, 0) is 32.9 Å². The average molecular weight is 320 g/mol. The molecule has 2 heterocycles. The molecule has 1 fully saturated rings. The molecule has 124 valence electrons. The normalized spacial score (nSPS) is 19.3. The van der Waals surface area contributed by atoms with E-state index in [1.54, 1.807) is 4.68 Å². The molecule has 23 heavy (non-hydrogen) atoms. The molecule has 6 heteroatoms. The topological polar surface area (TPSA) is 33.1 Å². The van der Waals surface area contributed by atoms with E-state index in [4.69, 9.17) is 0 Å². The van der Waals surface area contributed by atoms with Crippen LogP contribution in [0, 0.1) is 25.5 Å². The lowest BCUT2D eigenvalue weighted by molar-refractivity contribution is 0.199. The van der Waals surface area contributed by atoms with E-state index >= 15 is 0 Å². The number of hydrogen-bond acceptors (Lipinski definition) is 3. The SMILES string of the molecule is Cc1nn(-c2ccc(F)cc2F)c(C)c1CN1CCN[C@H](C)C1. The average Bonchev–Trinajstić information content (AvgIpc) is 2.75. The second-order valence-corrected chi connectivity index (χ2v) is 6.25. The monoisotopic (exact) mass is 320 g/mol. The van der Waals surface area contributed by atoms with Gasteiger partial charge < -0.3 is 5.32 Å². The summed E-state index contributed by atoms with van der Waals surface area (Å²) < 4.78 is 28.7. The van der Waals surface area contributed by atoms with Crippen LogP contribution in [0.4, 0.5) is 8.78 Å². The molecule has 1 atom stereocenters. The van der Waals surface area contributed by atoms with Crippen LogP contribution in [0.5, 0.6) is 0 Å². The number of halogens is 2. The van der Waals surface area contributed by atoms with Gasteiger partial charge in [-0.1, -0.05) is 0 Å². The standard InChI is InChI=1S/C17H22F2N4/c1-11-9-22(7-6-20-11)10-15-12(2)21-23(13(15)3)17-5-4-14(18)8-16(17)19/h4-5,8,11,20H,6-7,9-10H2,1-3H3/t11-/m1/s1. The first-order chi connectivity index (χ1) is 11.0. The van der Waals surface area contributed by atoms with Crippen molar-refractivity contribution >= 4 is 0 Å². The van der Waals surface area contributed by atoms with Gasteiger partial charge in [-0.25, -0.2) is 13.5 Å². The van der Waals surface area contributed by atoms with Crippen LogP contribution in [-0.4, -0.2) is 40.4 Å². The highest BCUT2D eigenvalue weighted by Gasteiger charge is 2.21. The van der Waals surface area contributed by atoms with Crippen LogP contribution < -0.4 is 5.32 Å². The van der Waals surface area contributed by atoms with E-state index in [0.29, 0.717) is 6.04 Å². The minimum Gasteiger partial charge on any atom is -0.312 e. The summed E-state index contributed by atoms with van der Waals surface area (Å²) in [6.45, 7) is 9.78. The van der Waals surface area contributed by atoms with Gasteiger partial charge in [0, 0.05) is 49.5 Å². The molecular formula is C17H22F2N4. The molecule has 2 aromatic rings. The third kappa shape index (κ3) is 3.28. The Bertz CT molecular complexity index is 711. The van der Waals surface area contributed by atoms with Crippen molar-refractivity contribution in [3.63, 3.8) is 0 Å². The van der Waals surface area contributed by atoms with Crippen LogP contribution in [0.3, 0.4) is 0 Å².